The number of carbonyl (C=O) groups excluding carboxylic acids is 3. The van der Waals surface area contributed by atoms with Crippen molar-refractivity contribution in [3.05, 3.63) is 45.9 Å². The Morgan fingerprint density at radius 2 is 1.93 bits per heavy atom. The van der Waals surface area contributed by atoms with Gasteiger partial charge in [0.05, 0.1) is 0 Å². The highest BCUT2D eigenvalue weighted by Crippen LogP contribution is 2.20. The second-order valence-corrected chi connectivity index (χ2v) is 8.42. The van der Waals surface area contributed by atoms with E-state index in [1.165, 1.54) is 11.3 Å². The van der Waals surface area contributed by atoms with Crippen molar-refractivity contribution in [3.63, 3.8) is 0 Å². The van der Waals surface area contributed by atoms with Crippen LogP contribution < -0.4 is 5.32 Å². The van der Waals surface area contributed by atoms with Gasteiger partial charge in [0.25, 0.3) is 17.7 Å². The molecule has 3 amide bonds. The molecule has 1 N–H and O–H groups in total. The fraction of sp³-hybridized carbons (Fsp3) is 0.400. The van der Waals surface area contributed by atoms with Gasteiger partial charge in [0, 0.05) is 48.8 Å². The minimum Gasteiger partial charge on any atom is -0.368 e. The summed E-state index contributed by atoms with van der Waals surface area (Å²) >= 11 is 7.10. The number of hydrogen-bond acceptors (Lipinski definition) is 6. The predicted molar refractivity (Wildman–Crippen MR) is 113 cm³/mol. The molecule has 0 bridgehead atoms. The van der Waals surface area contributed by atoms with Gasteiger partial charge in [-0.3, -0.25) is 19.7 Å². The summed E-state index contributed by atoms with van der Waals surface area (Å²) in [6.07, 6.45) is 1.34. The molecule has 2 aliphatic heterocycles. The number of aromatic nitrogens is 1. The first-order valence-electron chi connectivity index (χ1n) is 9.73. The average molecular weight is 449 g/mol. The Bertz CT molecular complexity index is 952. The number of carbonyl (C=O) groups is 3. The van der Waals surface area contributed by atoms with Gasteiger partial charge in [-0.15, -0.1) is 11.3 Å². The van der Waals surface area contributed by atoms with Gasteiger partial charge in [0.1, 0.15) is 11.8 Å². The zero-order valence-corrected chi connectivity index (χ0v) is 17.7. The lowest BCUT2D eigenvalue weighted by atomic mass is 10.2. The normalized spacial score (nSPS) is 19.0. The lowest BCUT2D eigenvalue weighted by Crippen LogP contribution is -2.52. The van der Waals surface area contributed by atoms with E-state index in [-0.39, 0.29) is 29.5 Å². The number of ether oxygens (including phenoxy) is 1. The van der Waals surface area contributed by atoms with Crippen LogP contribution >= 0.6 is 22.9 Å². The molecule has 10 heteroatoms. The molecule has 30 heavy (non-hydrogen) atoms. The van der Waals surface area contributed by atoms with Crippen molar-refractivity contribution in [2.75, 3.05) is 38.1 Å². The van der Waals surface area contributed by atoms with Gasteiger partial charge in [0.2, 0.25) is 0 Å². The van der Waals surface area contributed by atoms with Gasteiger partial charge >= 0.3 is 0 Å². The number of hydrogen-bond donors (Lipinski definition) is 1. The first kappa shape index (κ1) is 20.8. The lowest BCUT2D eigenvalue weighted by Gasteiger charge is -2.35. The molecular formula is C20H21ClN4O4S. The van der Waals surface area contributed by atoms with Crippen LogP contribution in [0.2, 0.25) is 5.02 Å². The van der Waals surface area contributed by atoms with Crippen LogP contribution in [0.3, 0.4) is 0 Å². The van der Waals surface area contributed by atoms with E-state index >= 15 is 0 Å². The Balaban J connectivity index is 1.32. The Morgan fingerprint density at radius 3 is 2.63 bits per heavy atom. The van der Waals surface area contributed by atoms with E-state index in [9.17, 15) is 14.4 Å². The Morgan fingerprint density at radius 1 is 1.17 bits per heavy atom. The number of piperazine rings is 1. The highest BCUT2D eigenvalue weighted by molar-refractivity contribution is 7.14. The summed E-state index contributed by atoms with van der Waals surface area (Å²) in [5.74, 6) is -0.537. The first-order chi connectivity index (χ1) is 14.5. The minimum absolute atomic E-state index is 0.0132. The molecule has 0 saturated carbocycles. The third kappa shape index (κ3) is 4.63. The van der Waals surface area contributed by atoms with Gasteiger partial charge in [-0.1, -0.05) is 17.7 Å². The molecule has 0 aliphatic carbocycles. The number of halogens is 1. The molecule has 8 nitrogen and oxygen atoms in total. The van der Waals surface area contributed by atoms with Gasteiger partial charge in [0.15, 0.2) is 5.13 Å². The lowest BCUT2D eigenvalue weighted by molar-refractivity contribution is -0.142. The Hall–Kier alpha value is -2.49. The average Bonchev–Trinajstić information content (AvgIpc) is 3.45. The van der Waals surface area contributed by atoms with Gasteiger partial charge in [-0.05, 0) is 31.0 Å². The number of benzene rings is 1. The summed E-state index contributed by atoms with van der Waals surface area (Å²) in [5, 5.41) is 5.12. The zero-order chi connectivity index (χ0) is 21.1. The Labute approximate surface area is 182 Å². The van der Waals surface area contributed by atoms with Crippen molar-refractivity contribution in [2.24, 2.45) is 0 Å². The van der Waals surface area contributed by atoms with Crippen LogP contribution in [-0.4, -0.2) is 71.4 Å². The smallest absolute Gasteiger partial charge is 0.273 e. The van der Waals surface area contributed by atoms with Crippen LogP contribution in [0.15, 0.2) is 29.6 Å². The standard InChI is InChI=1S/C20H21ClN4O4S/c21-14-4-1-3-13(11-14)17(26)23-20-22-15(12-30-20)18(27)24-6-8-25(9-7-24)19(28)16-5-2-10-29-16/h1,3-4,11-12,16H,2,5-10H2,(H,22,23,26). The van der Waals surface area contributed by atoms with Gasteiger partial charge in [-0.25, -0.2) is 4.98 Å². The topological polar surface area (TPSA) is 91.8 Å². The van der Waals surface area contributed by atoms with Crippen molar-refractivity contribution in [1.82, 2.24) is 14.8 Å². The zero-order valence-electron chi connectivity index (χ0n) is 16.2. The summed E-state index contributed by atoms with van der Waals surface area (Å²) in [5.41, 5.74) is 0.693. The minimum atomic E-state index is -0.341. The van der Waals surface area contributed by atoms with E-state index < -0.39 is 0 Å². The number of anilines is 1. The Kier molecular flexibility index (Phi) is 6.31. The molecular weight excluding hydrogens is 428 g/mol. The number of nitrogens with zero attached hydrogens (tertiary/aromatic N) is 3. The van der Waals surface area contributed by atoms with E-state index in [4.69, 9.17) is 16.3 Å². The van der Waals surface area contributed by atoms with Crippen molar-refractivity contribution in [2.45, 2.75) is 18.9 Å². The molecule has 0 radical (unpaired) electrons. The SMILES string of the molecule is O=C(Nc1nc(C(=O)N2CCN(C(=O)C3CCCO3)CC2)cs1)c1cccc(Cl)c1. The second-order valence-electron chi connectivity index (χ2n) is 7.12. The molecule has 1 atom stereocenters. The number of rotatable bonds is 4. The third-order valence-corrected chi connectivity index (χ3v) is 6.11. The van der Waals surface area contributed by atoms with Crippen molar-refractivity contribution < 1.29 is 19.1 Å². The van der Waals surface area contributed by atoms with Crippen molar-refractivity contribution in [3.8, 4) is 0 Å². The molecule has 3 heterocycles. The number of nitrogens with one attached hydrogen (secondary N) is 1. The number of thiazole rings is 1. The summed E-state index contributed by atoms with van der Waals surface area (Å²) in [6.45, 7) is 2.48. The molecule has 2 aromatic rings. The molecule has 2 saturated heterocycles. The third-order valence-electron chi connectivity index (χ3n) is 5.11. The summed E-state index contributed by atoms with van der Waals surface area (Å²) in [6, 6.07) is 6.59. The van der Waals surface area contributed by atoms with E-state index in [0.29, 0.717) is 48.5 Å². The van der Waals surface area contributed by atoms with Gasteiger partial charge in [-0.2, -0.15) is 0 Å². The van der Waals surface area contributed by atoms with E-state index in [1.54, 1.807) is 39.4 Å². The highest BCUT2D eigenvalue weighted by atomic mass is 35.5. The van der Waals surface area contributed by atoms with Crippen molar-refractivity contribution in [1.29, 1.82) is 0 Å². The van der Waals surface area contributed by atoms with Crippen LogP contribution in [0.25, 0.3) is 0 Å². The van der Waals surface area contributed by atoms with Crippen LogP contribution in [0.1, 0.15) is 33.7 Å². The van der Waals surface area contributed by atoms with E-state index in [0.717, 1.165) is 12.8 Å². The van der Waals surface area contributed by atoms with Crippen LogP contribution in [-0.2, 0) is 9.53 Å². The predicted octanol–water partition coefficient (Wildman–Crippen LogP) is 2.51. The van der Waals surface area contributed by atoms with Crippen LogP contribution in [0.5, 0.6) is 0 Å². The molecule has 2 aliphatic rings. The molecule has 2 fully saturated rings. The molecule has 158 valence electrons. The van der Waals surface area contributed by atoms with E-state index in [2.05, 4.69) is 10.3 Å². The molecule has 4 rings (SSSR count). The summed E-state index contributed by atoms with van der Waals surface area (Å²) in [4.78, 5) is 45.2. The maximum absolute atomic E-state index is 12.8. The summed E-state index contributed by atoms with van der Waals surface area (Å²) in [7, 11) is 0. The summed E-state index contributed by atoms with van der Waals surface area (Å²) < 4.78 is 5.46. The molecule has 1 unspecified atom stereocenters. The molecule has 0 spiro atoms. The maximum Gasteiger partial charge on any atom is 0.273 e. The molecule has 1 aromatic carbocycles. The fourth-order valence-corrected chi connectivity index (χ4v) is 4.37. The van der Waals surface area contributed by atoms with E-state index in [1.807, 2.05) is 0 Å². The van der Waals surface area contributed by atoms with Crippen molar-refractivity contribution >= 4 is 45.8 Å². The maximum atomic E-state index is 12.8. The quantitative estimate of drug-likeness (QED) is 0.775. The second kappa shape index (κ2) is 9.11. The fourth-order valence-electron chi connectivity index (χ4n) is 3.50. The van der Waals surface area contributed by atoms with Gasteiger partial charge < -0.3 is 14.5 Å². The highest BCUT2D eigenvalue weighted by Gasteiger charge is 2.32. The number of amides is 3. The molecule has 1 aromatic heterocycles. The largest absolute Gasteiger partial charge is 0.368 e. The van der Waals surface area contributed by atoms with Crippen LogP contribution in [0.4, 0.5) is 5.13 Å². The first-order valence-corrected chi connectivity index (χ1v) is 11.0. The van der Waals surface area contributed by atoms with Crippen LogP contribution in [0, 0.1) is 0 Å². The monoisotopic (exact) mass is 448 g/mol.